The first-order valence-corrected chi connectivity index (χ1v) is 2.99. The number of hydrogen-bond donors (Lipinski definition) is 2. The molecule has 3 N–H and O–H groups in total. The van der Waals surface area contributed by atoms with Crippen LogP contribution in [-0.2, 0) is 4.79 Å². The van der Waals surface area contributed by atoms with E-state index in [9.17, 15) is 14.9 Å². The number of rotatable bonds is 1. The molecule has 6 heteroatoms. The minimum Gasteiger partial charge on any atom is -0.331 e. The molecule has 2 atom stereocenters. The van der Waals surface area contributed by atoms with Crippen molar-refractivity contribution in [2.75, 3.05) is 0 Å². The molecule has 0 unspecified atom stereocenters. The van der Waals surface area contributed by atoms with E-state index in [1.165, 1.54) is 6.08 Å². The molecule has 0 bridgehead atoms. The summed E-state index contributed by atoms with van der Waals surface area (Å²) in [4.78, 5) is 20.2. The summed E-state index contributed by atoms with van der Waals surface area (Å²) >= 11 is 0. The molecular formula is C5H7N3O3. The van der Waals surface area contributed by atoms with Gasteiger partial charge in [0.25, 0.3) is 6.04 Å². The molecule has 0 saturated carbocycles. The lowest BCUT2D eigenvalue weighted by Crippen LogP contribution is -2.53. The number of hydrogen-bond acceptors (Lipinski definition) is 4. The van der Waals surface area contributed by atoms with Gasteiger partial charge in [-0.2, -0.15) is 0 Å². The predicted octanol–water partition coefficient (Wildman–Crippen LogP) is -1.40. The molecular weight excluding hydrogens is 150 g/mol. The quantitative estimate of drug-likeness (QED) is 0.361. The van der Waals surface area contributed by atoms with Gasteiger partial charge in [0, 0.05) is 11.0 Å². The second-order valence-corrected chi connectivity index (χ2v) is 2.17. The molecule has 0 aromatic heterocycles. The number of nitrogens with zero attached hydrogens (tertiary/aromatic N) is 1. The number of amides is 1. The van der Waals surface area contributed by atoms with Gasteiger partial charge >= 0.3 is 0 Å². The molecule has 6 nitrogen and oxygen atoms in total. The predicted molar refractivity (Wildman–Crippen MR) is 36.0 cm³/mol. The number of nitrogens with one attached hydrogen (secondary N) is 1. The number of carbonyl (C=O) groups excluding carboxylic acids is 1. The van der Waals surface area contributed by atoms with Crippen LogP contribution in [0.4, 0.5) is 0 Å². The average molecular weight is 157 g/mol. The molecule has 1 amide bonds. The zero-order chi connectivity index (χ0) is 8.43. The highest BCUT2D eigenvalue weighted by Gasteiger charge is 2.29. The molecule has 11 heavy (non-hydrogen) atoms. The number of nitro groups is 1. The molecule has 0 aliphatic carbocycles. The maximum absolute atomic E-state index is 10.5. The van der Waals surface area contributed by atoms with E-state index < -0.39 is 23.0 Å². The van der Waals surface area contributed by atoms with Crippen molar-refractivity contribution in [3.05, 3.63) is 22.3 Å². The lowest BCUT2D eigenvalue weighted by molar-refractivity contribution is -0.513. The van der Waals surface area contributed by atoms with E-state index in [1.54, 1.807) is 0 Å². The molecule has 0 fully saturated rings. The van der Waals surface area contributed by atoms with Crippen molar-refractivity contribution >= 4 is 5.91 Å². The third kappa shape index (κ3) is 1.53. The lowest BCUT2D eigenvalue weighted by Gasteiger charge is -2.17. The van der Waals surface area contributed by atoms with Gasteiger partial charge < -0.3 is 11.1 Å². The van der Waals surface area contributed by atoms with Crippen molar-refractivity contribution in [1.82, 2.24) is 5.32 Å². The van der Waals surface area contributed by atoms with Gasteiger partial charge in [0.15, 0.2) is 6.17 Å². The van der Waals surface area contributed by atoms with Crippen LogP contribution in [0, 0.1) is 10.1 Å². The Labute approximate surface area is 62.2 Å². The second-order valence-electron chi connectivity index (χ2n) is 2.17. The van der Waals surface area contributed by atoms with E-state index >= 15 is 0 Å². The highest BCUT2D eigenvalue weighted by atomic mass is 16.6. The fraction of sp³-hybridized carbons (Fsp3) is 0.400. The Morgan fingerprint density at radius 1 is 1.73 bits per heavy atom. The molecule has 1 aliphatic heterocycles. The van der Waals surface area contributed by atoms with Gasteiger partial charge in [0.2, 0.25) is 5.91 Å². The van der Waals surface area contributed by atoms with Crippen molar-refractivity contribution in [3.63, 3.8) is 0 Å². The topological polar surface area (TPSA) is 98.3 Å². The normalized spacial score (nSPS) is 29.7. The van der Waals surface area contributed by atoms with Crippen LogP contribution in [0.2, 0.25) is 0 Å². The van der Waals surface area contributed by atoms with E-state index in [1.807, 2.05) is 0 Å². The van der Waals surface area contributed by atoms with E-state index in [0.29, 0.717) is 0 Å². The maximum atomic E-state index is 10.5. The highest BCUT2D eigenvalue weighted by molar-refractivity contribution is 5.88. The van der Waals surface area contributed by atoms with Crippen LogP contribution < -0.4 is 11.1 Å². The third-order valence-electron chi connectivity index (χ3n) is 1.37. The van der Waals surface area contributed by atoms with Gasteiger partial charge in [-0.05, 0) is 6.08 Å². The van der Waals surface area contributed by atoms with Crippen molar-refractivity contribution in [1.29, 1.82) is 0 Å². The SMILES string of the molecule is N[C@H]1NC(=O)C=C[C@@H]1[N+](=O)[O-]. The van der Waals surface area contributed by atoms with Crippen LogP contribution >= 0.6 is 0 Å². The number of nitrogens with two attached hydrogens (primary N) is 1. The van der Waals surface area contributed by atoms with Crippen LogP contribution in [0.15, 0.2) is 12.2 Å². The molecule has 1 rings (SSSR count). The van der Waals surface area contributed by atoms with Crippen molar-refractivity contribution in [2.24, 2.45) is 5.73 Å². The summed E-state index contributed by atoms with van der Waals surface area (Å²) in [6.45, 7) is 0. The Morgan fingerprint density at radius 3 is 2.82 bits per heavy atom. The van der Waals surface area contributed by atoms with Crippen LogP contribution in [0.3, 0.4) is 0 Å². The minimum absolute atomic E-state index is 0.393. The Morgan fingerprint density at radius 2 is 2.36 bits per heavy atom. The molecule has 1 aliphatic rings. The van der Waals surface area contributed by atoms with Crippen LogP contribution in [-0.4, -0.2) is 23.0 Å². The zero-order valence-corrected chi connectivity index (χ0v) is 5.56. The summed E-state index contributed by atoms with van der Waals surface area (Å²) in [5.74, 6) is -0.393. The van der Waals surface area contributed by atoms with Gasteiger partial charge in [-0.1, -0.05) is 0 Å². The molecule has 0 aromatic carbocycles. The van der Waals surface area contributed by atoms with E-state index in [2.05, 4.69) is 5.32 Å². The van der Waals surface area contributed by atoms with E-state index in [0.717, 1.165) is 6.08 Å². The first-order valence-electron chi connectivity index (χ1n) is 2.99. The fourth-order valence-corrected chi connectivity index (χ4v) is 0.805. The van der Waals surface area contributed by atoms with Crippen LogP contribution in [0.25, 0.3) is 0 Å². The Hall–Kier alpha value is -1.43. The monoisotopic (exact) mass is 157 g/mol. The molecule has 60 valence electrons. The lowest BCUT2D eigenvalue weighted by atomic mass is 10.1. The van der Waals surface area contributed by atoms with Crippen LogP contribution in [0.1, 0.15) is 0 Å². The summed E-state index contributed by atoms with van der Waals surface area (Å²) in [5.41, 5.74) is 5.25. The highest BCUT2D eigenvalue weighted by Crippen LogP contribution is 2.00. The standard InChI is InChI=1S/C5H7N3O3/c6-5-3(8(10)11)1-2-4(9)7-5/h1-3,5H,6H2,(H,7,9)/t3-,5-/m0/s1. The average Bonchev–Trinajstić information content (AvgIpc) is 1.85. The van der Waals surface area contributed by atoms with Gasteiger partial charge in [-0.15, -0.1) is 0 Å². The zero-order valence-electron chi connectivity index (χ0n) is 5.56. The third-order valence-corrected chi connectivity index (χ3v) is 1.37. The van der Waals surface area contributed by atoms with Gasteiger partial charge in [0.1, 0.15) is 0 Å². The van der Waals surface area contributed by atoms with E-state index in [-0.39, 0.29) is 0 Å². The number of carbonyl (C=O) groups is 1. The first-order chi connectivity index (χ1) is 5.11. The second kappa shape index (κ2) is 2.67. The first kappa shape index (κ1) is 7.67. The van der Waals surface area contributed by atoms with Gasteiger partial charge in [-0.3, -0.25) is 14.9 Å². The summed E-state index contributed by atoms with van der Waals surface area (Å²) in [7, 11) is 0. The van der Waals surface area contributed by atoms with Crippen molar-refractivity contribution < 1.29 is 9.72 Å². The van der Waals surface area contributed by atoms with Gasteiger partial charge in [0.05, 0.1) is 0 Å². The molecule has 0 spiro atoms. The Balaban J connectivity index is 2.76. The van der Waals surface area contributed by atoms with E-state index in [4.69, 9.17) is 5.73 Å². The largest absolute Gasteiger partial charge is 0.331 e. The molecule has 0 saturated heterocycles. The van der Waals surface area contributed by atoms with Crippen LogP contribution in [0.5, 0.6) is 0 Å². The fourth-order valence-electron chi connectivity index (χ4n) is 0.805. The summed E-state index contributed by atoms with van der Waals surface area (Å²) in [5, 5.41) is 12.4. The molecule has 0 aromatic rings. The summed E-state index contributed by atoms with van der Waals surface area (Å²) in [6.07, 6.45) is 1.38. The molecule has 0 radical (unpaired) electrons. The molecule has 1 heterocycles. The Bertz CT molecular complexity index is 225. The summed E-state index contributed by atoms with van der Waals surface area (Å²) < 4.78 is 0. The Kier molecular flexibility index (Phi) is 1.86. The van der Waals surface area contributed by atoms with Crippen molar-refractivity contribution in [3.8, 4) is 0 Å². The smallest absolute Gasteiger partial charge is 0.264 e. The maximum Gasteiger partial charge on any atom is 0.264 e. The van der Waals surface area contributed by atoms with Gasteiger partial charge in [-0.25, -0.2) is 0 Å². The summed E-state index contributed by atoms with van der Waals surface area (Å²) in [6, 6.07) is -1.01. The van der Waals surface area contributed by atoms with Crippen molar-refractivity contribution in [2.45, 2.75) is 12.2 Å². The minimum atomic E-state index is -1.01.